The van der Waals surface area contributed by atoms with Gasteiger partial charge in [0.15, 0.2) is 5.69 Å². The quantitative estimate of drug-likeness (QED) is 0.269. The van der Waals surface area contributed by atoms with Gasteiger partial charge in [-0.2, -0.15) is 0 Å². The third-order valence-electron chi connectivity index (χ3n) is 1.85. The fourth-order valence-corrected chi connectivity index (χ4v) is 1.12. The van der Waals surface area contributed by atoms with E-state index in [2.05, 4.69) is 0 Å². The van der Waals surface area contributed by atoms with E-state index >= 15 is 0 Å². The van der Waals surface area contributed by atoms with E-state index in [0.717, 1.165) is 0 Å². The fraction of sp³-hybridized carbons (Fsp3) is 0. The molecule has 0 aliphatic heterocycles. The predicted octanol–water partition coefficient (Wildman–Crippen LogP) is -2.18. The van der Waals surface area contributed by atoms with Gasteiger partial charge in [0.25, 0.3) is 5.75 Å². The zero-order chi connectivity index (χ0) is 13.3. The third kappa shape index (κ3) is 2.64. The molecule has 0 bridgehead atoms. The summed E-state index contributed by atoms with van der Waals surface area (Å²) in [6.07, 6.45) is 0. The smallest absolute Gasteiger partial charge is 1.00 e. The second kappa shape index (κ2) is 5.57. The molecule has 11 nitrogen and oxygen atoms in total. The van der Waals surface area contributed by atoms with Crippen molar-refractivity contribution in [2.24, 2.45) is 0 Å². The van der Waals surface area contributed by atoms with Gasteiger partial charge in [-0.05, 0) is 0 Å². The van der Waals surface area contributed by atoms with Gasteiger partial charge in [-0.15, -0.1) is 0 Å². The summed E-state index contributed by atoms with van der Waals surface area (Å²) in [6.45, 7) is 0. The Morgan fingerprint density at radius 1 is 1.06 bits per heavy atom. The molecule has 0 spiro atoms. The second-order valence-corrected chi connectivity index (χ2v) is 2.80. The molecule has 18 heavy (non-hydrogen) atoms. The van der Waals surface area contributed by atoms with Crippen molar-refractivity contribution in [3.05, 3.63) is 36.4 Å². The summed E-state index contributed by atoms with van der Waals surface area (Å²) in [6, 6.07) is 0.359. The van der Waals surface area contributed by atoms with E-state index < -0.39 is 43.3 Å². The van der Waals surface area contributed by atoms with Crippen LogP contribution < -0.4 is 35.3 Å². The molecule has 0 aromatic heterocycles. The van der Waals surface area contributed by atoms with Crippen LogP contribution in [0.5, 0.6) is 5.75 Å². The Morgan fingerprint density at radius 3 is 1.83 bits per heavy atom. The van der Waals surface area contributed by atoms with E-state index in [1.165, 1.54) is 0 Å². The Hall–Kier alpha value is -1.98. The van der Waals surface area contributed by atoms with Crippen LogP contribution >= 0.6 is 0 Å². The van der Waals surface area contributed by atoms with Crippen LogP contribution in [0.1, 0.15) is 1.43 Å². The van der Waals surface area contributed by atoms with Gasteiger partial charge in [0, 0.05) is 0 Å². The number of nitrogen functional groups attached to an aromatic ring is 1. The summed E-state index contributed by atoms with van der Waals surface area (Å²) < 4.78 is 0. The molecule has 0 fully saturated rings. The Morgan fingerprint density at radius 2 is 1.50 bits per heavy atom. The molecule has 1 rings (SSSR count). The van der Waals surface area contributed by atoms with Gasteiger partial charge < -0.3 is 12.3 Å². The fourth-order valence-electron chi connectivity index (χ4n) is 1.12. The summed E-state index contributed by atoms with van der Waals surface area (Å²) in [5.74, 6) is -1.32. The van der Waals surface area contributed by atoms with Gasteiger partial charge in [-0.1, -0.05) is 0 Å². The molecule has 0 aliphatic carbocycles. The summed E-state index contributed by atoms with van der Waals surface area (Å²) >= 11 is 0. The van der Waals surface area contributed by atoms with Crippen LogP contribution in [0.2, 0.25) is 0 Å². The van der Waals surface area contributed by atoms with Crippen molar-refractivity contribution >= 4 is 22.7 Å². The zero-order valence-corrected chi connectivity index (χ0v) is 10.9. The molecule has 0 saturated heterocycles. The van der Waals surface area contributed by atoms with Gasteiger partial charge in [0.05, 0.1) is 14.8 Å². The van der Waals surface area contributed by atoms with E-state index in [1.54, 1.807) is 0 Å². The van der Waals surface area contributed by atoms with Crippen molar-refractivity contribution in [1.29, 1.82) is 0 Å². The number of rotatable bonds is 3. The molecule has 0 amide bonds. The summed E-state index contributed by atoms with van der Waals surface area (Å²) in [7, 11) is 0. The van der Waals surface area contributed by atoms with Gasteiger partial charge in [-0.25, -0.2) is 0 Å². The maximum atomic E-state index is 10.5. The van der Waals surface area contributed by atoms with Crippen LogP contribution in [0.15, 0.2) is 6.07 Å². The number of nitrogens with two attached hydrogens (primary N) is 1. The summed E-state index contributed by atoms with van der Waals surface area (Å²) in [5.41, 5.74) is 0.721. The van der Waals surface area contributed by atoms with Crippen LogP contribution in [0.25, 0.3) is 0 Å². The minimum Gasteiger partial charge on any atom is -1.00 e. The van der Waals surface area contributed by atoms with E-state index in [1.807, 2.05) is 0 Å². The topological polar surface area (TPSA) is 176 Å². The van der Waals surface area contributed by atoms with Gasteiger partial charge in [0.2, 0.25) is 0 Å². The molecule has 0 aliphatic rings. The third-order valence-corrected chi connectivity index (χ3v) is 1.85. The number of aromatic hydroxyl groups is 1. The van der Waals surface area contributed by atoms with Crippen LogP contribution in [0, 0.1) is 30.3 Å². The standard InChI is InChI=1S/C6H4N4O7.Na.H/c7-4-2(8(12)13)1-3(9(14)15)6(11)5(4)10(16)17;;/h1,11H,7H2;;/q;+1;-1. The molecular weight excluding hydrogens is 263 g/mol. The average molecular weight is 268 g/mol. The first-order valence-corrected chi connectivity index (χ1v) is 3.86. The van der Waals surface area contributed by atoms with E-state index in [-0.39, 0.29) is 31.0 Å². The Bertz CT molecular complexity index is 513. The second-order valence-electron chi connectivity index (χ2n) is 2.80. The zero-order valence-electron chi connectivity index (χ0n) is 9.89. The van der Waals surface area contributed by atoms with Crippen molar-refractivity contribution in [3.63, 3.8) is 0 Å². The van der Waals surface area contributed by atoms with Crippen LogP contribution in [0.3, 0.4) is 0 Å². The minimum atomic E-state index is -1.32. The molecule has 0 heterocycles. The SMILES string of the molecule is Nc1c([N+](=O)[O-])cc([N+](=O)[O-])c(O)c1[N+](=O)[O-].[H-].[Na+]. The van der Waals surface area contributed by atoms with Gasteiger partial charge in [0.1, 0.15) is 6.07 Å². The van der Waals surface area contributed by atoms with Crippen molar-refractivity contribution in [2.45, 2.75) is 0 Å². The van der Waals surface area contributed by atoms with Crippen LogP contribution in [-0.2, 0) is 0 Å². The van der Waals surface area contributed by atoms with Crippen LogP contribution in [-0.4, -0.2) is 19.9 Å². The first-order chi connectivity index (χ1) is 7.77. The van der Waals surface area contributed by atoms with E-state index in [0.29, 0.717) is 6.07 Å². The largest absolute Gasteiger partial charge is 1.00 e. The first-order valence-electron chi connectivity index (χ1n) is 3.86. The van der Waals surface area contributed by atoms with E-state index in [4.69, 9.17) is 5.73 Å². The number of nitrogens with zero attached hydrogens (tertiary/aromatic N) is 3. The maximum Gasteiger partial charge on any atom is 1.00 e. The molecule has 0 saturated carbocycles. The minimum absolute atomic E-state index is 0. The number of phenolic OH excluding ortho intramolecular Hbond substituents is 1. The average Bonchev–Trinajstić information content (AvgIpc) is 2.15. The molecule has 0 unspecified atom stereocenters. The number of phenols is 1. The molecule has 3 N–H and O–H groups in total. The van der Waals surface area contributed by atoms with Crippen LogP contribution in [0.4, 0.5) is 22.7 Å². The molecule has 1 aromatic rings. The number of hydrogen-bond donors (Lipinski definition) is 2. The molecule has 0 radical (unpaired) electrons. The number of nitro benzene ring substituents is 3. The number of nitro groups is 3. The molecule has 12 heteroatoms. The Balaban J connectivity index is 0. The maximum absolute atomic E-state index is 10.5. The monoisotopic (exact) mass is 268 g/mol. The Labute approximate surface area is 121 Å². The predicted molar refractivity (Wildman–Crippen MR) is 53.6 cm³/mol. The van der Waals surface area contributed by atoms with Gasteiger partial charge >= 0.3 is 46.6 Å². The number of hydrogen-bond acceptors (Lipinski definition) is 8. The Kier molecular flexibility index (Phi) is 4.96. The molecular formula is C6H5N4NaO7. The van der Waals surface area contributed by atoms with Crippen molar-refractivity contribution in [3.8, 4) is 5.75 Å². The van der Waals surface area contributed by atoms with Gasteiger partial charge in [-0.3, -0.25) is 30.3 Å². The van der Waals surface area contributed by atoms with Crippen molar-refractivity contribution < 1.29 is 50.9 Å². The van der Waals surface area contributed by atoms with Crippen molar-refractivity contribution in [2.75, 3.05) is 5.73 Å². The summed E-state index contributed by atoms with van der Waals surface area (Å²) in [5, 5.41) is 40.7. The van der Waals surface area contributed by atoms with E-state index in [9.17, 15) is 35.4 Å². The molecule has 92 valence electrons. The van der Waals surface area contributed by atoms with Crippen molar-refractivity contribution in [1.82, 2.24) is 0 Å². The normalized spacial score (nSPS) is 9.33. The number of anilines is 1. The number of benzene rings is 1. The summed E-state index contributed by atoms with van der Waals surface area (Å²) in [4.78, 5) is 27.9. The molecule has 1 aromatic carbocycles. The molecule has 0 atom stereocenters. The first kappa shape index (κ1) is 16.0.